The molecule has 1 saturated carbocycles. The third-order valence-corrected chi connectivity index (χ3v) is 8.35. The van der Waals surface area contributed by atoms with Crippen LogP contribution in [0.3, 0.4) is 0 Å². The van der Waals surface area contributed by atoms with Gasteiger partial charge in [0, 0.05) is 17.7 Å². The summed E-state index contributed by atoms with van der Waals surface area (Å²) in [6, 6.07) is 10.0. The Kier molecular flexibility index (Phi) is 6.01. The van der Waals surface area contributed by atoms with Crippen molar-refractivity contribution in [3.8, 4) is 10.6 Å². The number of anilines is 1. The number of benzene rings is 1. The lowest BCUT2D eigenvalue weighted by Gasteiger charge is -2.25. The summed E-state index contributed by atoms with van der Waals surface area (Å²) in [7, 11) is -4.26. The number of rotatable bonds is 6. The minimum Gasteiger partial charge on any atom is -0.459 e. The van der Waals surface area contributed by atoms with Gasteiger partial charge in [-0.15, -0.1) is 11.3 Å². The number of ether oxygens (including phenoxy) is 1. The van der Waals surface area contributed by atoms with Crippen molar-refractivity contribution >= 4 is 33.0 Å². The molecule has 4 rings (SSSR count). The van der Waals surface area contributed by atoms with Gasteiger partial charge in [0.1, 0.15) is 21.0 Å². The van der Waals surface area contributed by atoms with E-state index >= 15 is 0 Å². The topological polar surface area (TPSA) is 125 Å². The zero-order valence-corrected chi connectivity index (χ0v) is 20.5. The molecule has 0 saturated heterocycles. The van der Waals surface area contributed by atoms with Gasteiger partial charge in [0.05, 0.1) is 4.88 Å². The SMILES string of the molecule is CC(C)(C)OC(=O)[C@@]1(NS(=O)(=O)c2ccc(-c3cc(C(F)(F)F)on3)s2)C[C@H]1c1cccc(N)c1. The summed E-state index contributed by atoms with van der Waals surface area (Å²) in [5.74, 6) is -2.54. The molecule has 1 aliphatic carbocycles. The number of aromatic nitrogens is 1. The fourth-order valence-corrected chi connectivity index (χ4v) is 6.27. The monoisotopic (exact) mass is 529 g/mol. The van der Waals surface area contributed by atoms with Crippen molar-refractivity contribution in [2.75, 3.05) is 5.73 Å². The zero-order chi connectivity index (χ0) is 25.8. The van der Waals surface area contributed by atoms with Gasteiger partial charge in [-0.3, -0.25) is 0 Å². The molecule has 2 aromatic heterocycles. The molecule has 2 atom stereocenters. The van der Waals surface area contributed by atoms with E-state index in [0.717, 1.165) is 0 Å². The van der Waals surface area contributed by atoms with Crippen LogP contribution in [0.25, 0.3) is 10.6 Å². The third-order valence-electron chi connectivity index (χ3n) is 5.24. The maximum Gasteiger partial charge on any atom is 0.452 e. The number of hydrogen-bond donors (Lipinski definition) is 2. The van der Waals surface area contributed by atoms with E-state index in [1.807, 2.05) is 0 Å². The number of hydrogen-bond acceptors (Lipinski definition) is 8. The van der Waals surface area contributed by atoms with Crippen LogP contribution in [-0.4, -0.2) is 30.7 Å². The molecule has 0 bridgehead atoms. The van der Waals surface area contributed by atoms with Gasteiger partial charge in [-0.1, -0.05) is 17.3 Å². The number of sulfonamides is 1. The number of thiophene rings is 1. The lowest BCUT2D eigenvalue weighted by atomic mass is 10.1. The second-order valence-corrected chi connectivity index (χ2v) is 12.2. The fraction of sp³-hybridized carbons (Fsp3) is 0.364. The molecule has 2 heterocycles. The van der Waals surface area contributed by atoms with E-state index in [-0.39, 0.29) is 21.2 Å². The average molecular weight is 530 g/mol. The van der Waals surface area contributed by atoms with Crippen LogP contribution in [0.4, 0.5) is 18.9 Å². The van der Waals surface area contributed by atoms with E-state index < -0.39 is 45.0 Å². The molecule has 1 fully saturated rings. The molecule has 0 amide bonds. The predicted octanol–water partition coefficient (Wildman–Crippen LogP) is 4.55. The number of carbonyl (C=O) groups is 1. The number of nitrogens with two attached hydrogens (primary N) is 1. The molecule has 0 radical (unpaired) electrons. The molecule has 0 aliphatic heterocycles. The number of nitrogens with zero attached hydrogens (tertiary/aromatic N) is 1. The van der Waals surface area contributed by atoms with Gasteiger partial charge >= 0.3 is 12.1 Å². The lowest BCUT2D eigenvalue weighted by molar-refractivity contribution is -0.158. The normalized spacial score (nSPS) is 20.6. The standard InChI is InChI=1S/C22H22F3N3O5S2/c1-20(2,3)32-19(29)21(11-14(21)12-5-4-6-13(26)9-12)28-35(30,31)18-8-7-16(34-18)15-10-17(33-27-15)22(23,24)25/h4-10,14,28H,11,26H2,1-3H3/t14-,21+/m0/s1. The molecule has 3 aromatic rings. The molecule has 188 valence electrons. The number of halogens is 3. The number of nitrogen functional groups attached to an aromatic ring is 1. The minimum absolute atomic E-state index is 0.152. The Bertz CT molecular complexity index is 1380. The largest absolute Gasteiger partial charge is 0.459 e. The van der Waals surface area contributed by atoms with Gasteiger partial charge in [0.15, 0.2) is 0 Å². The van der Waals surface area contributed by atoms with Crippen LogP contribution in [0.1, 0.15) is 44.4 Å². The summed E-state index contributed by atoms with van der Waals surface area (Å²) in [6.07, 6.45) is -4.57. The fourth-order valence-electron chi connectivity index (χ4n) is 3.61. The van der Waals surface area contributed by atoms with Crippen molar-refractivity contribution in [2.24, 2.45) is 0 Å². The van der Waals surface area contributed by atoms with E-state index in [2.05, 4.69) is 14.4 Å². The van der Waals surface area contributed by atoms with Gasteiger partial charge in [0.25, 0.3) is 10.0 Å². The Balaban J connectivity index is 1.64. The molecule has 0 unspecified atom stereocenters. The predicted molar refractivity (Wildman–Crippen MR) is 122 cm³/mol. The molecule has 1 aromatic carbocycles. The first-order valence-corrected chi connectivity index (χ1v) is 12.7. The van der Waals surface area contributed by atoms with Gasteiger partial charge in [-0.2, -0.15) is 17.9 Å². The molecule has 35 heavy (non-hydrogen) atoms. The maximum absolute atomic E-state index is 13.3. The van der Waals surface area contributed by atoms with Crippen molar-refractivity contribution < 1.29 is 35.6 Å². The molecular weight excluding hydrogens is 507 g/mol. The summed E-state index contributed by atoms with van der Waals surface area (Å²) in [6.45, 7) is 5.01. The van der Waals surface area contributed by atoms with Gasteiger partial charge in [-0.05, 0) is 57.0 Å². The van der Waals surface area contributed by atoms with E-state index in [1.54, 1.807) is 45.0 Å². The third kappa shape index (κ3) is 5.21. The van der Waals surface area contributed by atoms with Crippen LogP contribution >= 0.6 is 11.3 Å². The van der Waals surface area contributed by atoms with Crippen molar-refractivity contribution in [1.82, 2.24) is 9.88 Å². The Morgan fingerprint density at radius 2 is 1.94 bits per heavy atom. The van der Waals surface area contributed by atoms with Crippen LogP contribution in [0.5, 0.6) is 0 Å². The summed E-state index contributed by atoms with van der Waals surface area (Å²) in [5.41, 5.74) is 4.42. The summed E-state index contributed by atoms with van der Waals surface area (Å²) in [4.78, 5) is 13.3. The first-order chi connectivity index (χ1) is 16.1. The van der Waals surface area contributed by atoms with Gasteiger partial charge < -0.3 is 15.0 Å². The Morgan fingerprint density at radius 3 is 2.54 bits per heavy atom. The Labute approximate surface area is 203 Å². The first kappa shape index (κ1) is 25.2. The number of nitrogens with one attached hydrogen (secondary N) is 1. The van der Waals surface area contributed by atoms with Crippen LogP contribution in [0.2, 0.25) is 0 Å². The van der Waals surface area contributed by atoms with Crippen molar-refractivity contribution in [3.05, 3.63) is 53.8 Å². The maximum atomic E-state index is 13.3. The van der Waals surface area contributed by atoms with E-state index in [1.165, 1.54) is 12.1 Å². The molecule has 8 nitrogen and oxygen atoms in total. The summed E-state index contributed by atoms with van der Waals surface area (Å²) < 4.78 is 77.1. The molecule has 0 spiro atoms. The van der Waals surface area contributed by atoms with Crippen LogP contribution in [0.15, 0.2) is 51.2 Å². The quantitative estimate of drug-likeness (QED) is 0.355. The Morgan fingerprint density at radius 1 is 1.23 bits per heavy atom. The highest BCUT2D eigenvalue weighted by Crippen LogP contribution is 2.54. The highest BCUT2D eigenvalue weighted by Gasteiger charge is 2.64. The van der Waals surface area contributed by atoms with E-state index in [4.69, 9.17) is 10.5 Å². The molecule has 3 N–H and O–H groups in total. The lowest BCUT2D eigenvalue weighted by Crippen LogP contribution is -2.47. The van der Waals surface area contributed by atoms with Gasteiger partial charge in [-0.25, -0.2) is 13.2 Å². The zero-order valence-electron chi connectivity index (χ0n) is 18.8. The number of carbonyl (C=O) groups excluding carboxylic acids is 1. The van der Waals surface area contributed by atoms with E-state index in [9.17, 15) is 26.4 Å². The molecule has 13 heteroatoms. The minimum atomic E-state index is -4.72. The Hall–Kier alpha value is -2.90. The van der Waals surface area contributed by atoms with Gasteiger partial charge in [0.2, 0.25) is 5.76 Å². The van der Waals surface area contributed by atoms with Crippen molar-refractivity contribution in [3.63, 3.8) is 0 Å². The average Bonchev–Trinajstić information content (AvgIpc) is 3.09. The molecular formula is C22H22F3N3O5S2. The second kappa shape index (κ2) is 8.35. The number of alkyl halides is 3. The van der Waals surface area contributed by atoms with Crippen molar-refractivity contribution in [2.45, 2.75) is 54.6 Å². The van der Waals surface area contributed by atoms with Crippen LogP contribution < -0.4 is 10.5 Å². The smallest absolute Gasteiger partial charge is 0.452 e. The van der Waals surface area contributed by atoms with Crippen LogP contribution in [0, 0.1) is 0 Å². The second-order valence-electron chi connectivity index (χ2n) is 9.20. The number of esters is 1. The highest BCUT2D eigenvalue weighted by atomic mass is 32.2. The summed E-state index contributed by atoms with van der Waals surface area (Å²) >= 11 is 0.697. The summed E-state index contributed by atoms with van der Waals surface area (Å²) in [5, 5.41) is 3.38. The van der Waals surface area contributed by atoms with E-state index in [0.29, 0.717) is 28.7 Å². The molecule has 1 aliphatic rings. The first-order valence-electron chi connectivity index (χ1n) is 10.4. The highest BCUT2D eigenvalue weighted by molar-refractivity contribution is 7.91. The van der Waals surface area contributed by atoms with Crippen LogP contribution in [-0.2, 0) is 25.7 Å². The van der Waals surface area contributed by atoms with Crippen molar-refractivity contribution in [1.29, 1.82) is 0 Å².